The fourth-order valence-corrected chi connectivity index (χ4v) is 3.23. The van der Waals surface area contributed by atoms with Crippen molar-refractivity contribution < 1.29 is 9.59 Å². The first kappa shape index (κ1) is 19.6. The summed E-state index contributed by atoms with van der Waals surface area (Å²) < 4.78 is 0. The summed E-state index contributed by atoms with van der Waals surface area (Å²) in [6.45, 7) is 5.20. The molecule has 3 amide bonds. The lowest BCUT2D eigenvalue weighted by Crippen LogP contribution is -2.35. The van der Waals surface area contributed by atoms with E-state index in [4.69, 9.17) is 0 Å². The van der Waals surface area contributed by atoms with E-state index in [9.17, 15) is 9.59 Å². The van der Waals surface area contributed by atoms with Gasteiger partial charge in [-0.3, -0.25) is 9.78 Å². The minimum absolute atomic E-state index is 0.160. The second-order valence-corrected chi connectivity index (χ2v) is 7.26. The summed E-state index contributed by atoms with van der Waals surface area (Å²) in [6, 6.07) is 13.3. The fraction of sp³-hybridized carbons (Fsp3) is 0.318. The Balaban J connectivity index is 1.51. The van der Waals surface area contributed by atoms with E-state index >= 15 is 0 Å². The number of amides is 3. The molecule has 3 rings (SSSR count). The van der Waals surface area contributed by atoms with Gasteiger partial charge < -0.3 is 15.5 Å². The molecule has 1 fully saturated rings. The maximum Gasteiger partial charge on any atom is 0.319 e. The predicted molar refractivity (Wildman–Crippen MR) is 112 cm³/mol. The zero-order valence-corrected chi connectivity index (χ0v) is 16.3. The number of nitrogens with one attached hydrogen (secondary N) is 2. The first-order valence-corrected chi connectivity index (χ1v) is 9.55. The average Bonchev–Trinajstić information content (AvgIpc) is 3.07. The Morgan fingerprint density at radius 2 is 2.11 bits per heavy atom. The molecule has 146 valence electrons. The van der Waals surface area contributed by atoms with Crippen LogP contribution in [-0.4, -0.2) is 41.0 Å². The largest absolute Gasteiger partial charge is 0.340 e. The van der Waals surface area contributed by atoms with Gasteiger partial charge in [0.2, 0.25) is 5.91 Å². The van der Waals surface area contributed by atoms with E-state index in [-0.39, 0.29) is 23.9 Å². The Hall–Kier alpha value is -3.15. The van der Waals surface area contributed by atoms with Crippen molar-refractivity contribution in [3.8, 4) is 0 Å². The topological polar surface area (TPSA) is 74.3 Å². The van der Waals surface area contributed by atoms with Crippen LogP contribution < -0.4 is 10.6 Å². The number of anilines is 1. The average molecular weight is 378 g/mol. The molecule has 6 nitrogen and oxygen atoms in total. The molecule has 0 bridgehead atoms. The van der Waals surface area contributed by atoms with Crippen LogP contribution in [0.5, 0.6) is 0 Å². The van der Waals surface area contributed by atoms with Crippen molar-refractivity contribution in [2.45, 2.75) is 26.3 Å². The molecule has 6 heteroatoms. The smallest absolute Gasteiger partial charge is 0.319 e. The van der Waals surface area contributed by atoms with Crippen molar-refractivity contribution in [1.29, 1.82) is 0 Å². The van der Waals surface area contributed by atoms with Gasteiger partial charge in [-0.05, 0) is 49.8 Å². The predicted octanol–water partition coefficient (Wildman–Crippen LogP) is 3.63. The standard InChI is InChI=1S/C22H26N4O2/c1-16(2)26-15-18(13-21(26)27)14-24-22(28)25-20-8-5-6-17(12-20)9-10-19-7-3-4-11-23-19/h3-12,16,18H,13-15H2,1-2H3,(H2,24,25,28)/b10-9+/t18-/m1/s1. The first-order valence-electron chi connectivity index (χ1n) is 9.55. The fourth-order valence-electron chi connectivity index (χ4n) is 3.23. The van der Waals surface area contributed by atoms with Crippen molar-refractivity contribution in [3.63, 3.8) is 0 Å². The molecule has 2 N–H and O–H groups in total. The molecule has 28 heavy (non-hydrogen) atoms. The third-order valence-corrected chi connectivity index (χ3v) is 4.69. The Kier molecular flexibility index (Phi) is 6.42. The number of rotatable bonds is 6. The highest BCUT2D eigenvalue weighted by molar-refractivity contribution is 5.90. The van der Waals surface area contributed by atoms with Crippen LogP contribution in [0, 0.1) is 5.92 Å². The molecule has 0 aliphatic carbocycles. The Morgan fingerprint density at radius 3 is 2.82 bits per heavy atom. The van der Waals surface area contributed by atoms with Crippen molar-refractivity contribution in [1.82, 2.24) is 15.2 Å². The lowest BCUT2D eigenvalue weighted by Gasteiger charge is -2.21. The molecular formula is C22H26N4O2. The highest BCUT2D eigenvalue weighted by Crippen LogP contribution is 2.19. The second kappa shape index (κ2) is 9.17. The van der Waals surface area contributed by atoms with E-state index < -0.39 is 0 Å². The summed E-state index contributed by atoms with van der Waals surface area (Å²) >= 11 is 0. The Morgan fingerprint density at radius 1 is 1.25 bits per heavy atom. The van der Waals surface area contributed by atoms with Crippen molar-refractivity contribution in [2.75, 3.05) is 18.4 Å². The number of hydrogen-bond acceptors (Lipinski definition) is 3. The number of likely N-dealkylation sites (tertiary alicyclic amines) is 1. The lowest BCUT2D eigenvalue weighted by atomic mass is 10.1. The summed E-state index contributed by atoms with van der Waals surface area (Å²) in [5.41, 5.74) is 2.56. The van der Waals surface area contributed by atoms with Crippen molar-refractivity contribution >= 4 is 29.8 Å². The monoisotopic (exact) mass is 378 g/mol. The zero-order chi connectivity index (χ0) is 19.9. The van der Waals surface area contributed by atoms with Crippen LogP contribution in [0.2, 0.25) is 0 Å². The van der Waals surface area contributed by atoms with Gasteiger partial charge in [0.1, 0.15) is 0 Å². The van der Waals surface area contributed by atoms with Crippen LogP contribution >= 0.6 is 0 Å². The maximum atomic E-state index is 12.2. The summed E-state index contributed by atoms with van der Waals surface area (Å²) in [4.78, 5) is 30.3. The summed E-state index contributed by atoms with van der Waals surface area (Å²) in [7, 11) is 0. The van der Waals surface area contributed by atoms with E-state index in [1.165, 1.54) is 0 Å². The van der Waals surface area contributed by atoms with Crippen LogP contribution in [0.3, 0.4) is 0 Å². The molecular weight excluding hydrogens is 352 g/mol. The third-order valence-electron chi connectivity index (χ3n) is 4.69. The molecule has 0 radical (unpaired) electrons. The van der Waals surface area contributed by atoms with Gasteiger partial charge in [0.15, 0.2) is 0 Å². The maximum absolute atomic E-state index is 12.2. The van der Waals surface area contributed by atoms with Gasteiger partial charge >= 0.3 is 6.03 Å². The number of hydrogen-bond donors (Lipinski definition) is 2. The number of pyridine rings is 1. The van der Waals surface area contributed by atoms with Crippen LogP contribution in [0.1, 0.15) is 31.5 Å². The first-order chi connectivity index (χ1) is 13.5. The molecule has 1 aromatic carbocycles. The van der Waals surface area contributed by atoms with E-state index in [1.807, 2.05) is 73.4 Å². The van der Waals surface area contributed by atoms with Gasteiger partial charge in [-0.25, -0.2) is 4.79 Å². The highest BCUT2D eigenvalue weighted by Gasteiger charge is 2.31. The molecule has 0 unspecified atom stereocenters. The van der Waals surface area contributed by atoms with Gasteiger partial charge in [-0.15, -0.1) is 0 Å². The molecule has 2 heterocycles. The third kappa shape index (κ3) is 5.42. The van der Waals surface area contributed by atoms with Gasteiger partial charge in [0, 0.05) is 43.4 Å². The minimum atomic E-state index is -0.263. The molecule has 1 aliphatic rings. The molecule has 2 aromatic rings. The summed E-state index contributed by atoms with van der Waals surface area (Å²) in [5, 5.41) is 5.73. The van der Waals surface area contributed by atoms with E-state index in [0.717, 1.165) is 11.3 Å². The van der Waals surface area contributed by atoms with Crippen LogP contribution in [0.25, 0.3) is 12.2 Å². The number of aromatic nitrogens is 1. The number of carbonyl (C=O) groups is 2. The molecule has 1 aromatic heterocycles. The molecule has 0 spiro atoms. The number of carbonyl (C=O) groups excluding carboxylic acids is 2. The van der Waals surface area contributed by atoms with E-state index in [2.05, 4.69) is 15.6 Å². The number of nitrogens with zero attached hydrogens (tertiary/aromatic N) is 2. The van der Waals surface area contributed by atoms with Gasteiger partial charge in [-0.2, -0.15) is 0 Å². The normalized spacial score (nSPS) is 16.8. The van der Waals surface area contributed by atoms with Crippen LogP contribution in [0.15, 0.2) is 48.7 Å². The van der Waals surface area contributed by atoms with E-state index in [1.54, 1.807) is 6.20 Å². The van der Waals surface area contributed by atoms with Gasteiger partial charge in [-0.1, -0.05) is 24.3 Å². The second-order valence-electron chi connectivity index (χ2n) is 7.26. The van der Waals surface area contributed by atoms with Crippen LogP contribution in [-0.2, 0) is 4.79 Å². The van der Waals surface area contributed by atoms with E-state index in [0.29, 0.717) is 25.2 Å². The lowest BCUT2D eigenvalue weighted by molar-refractivity contribution is -0.129. The minimum Gasteiger partial charge on any atom is -0.340 e. The number of benzene rings is 1. The molecule has 1 aliphatic heterocycles. The molecule has 1 atom stereocenters. The molecule has 1 saturated heterocycles. The van der Waals surface area contributed by atoms with Crippen LogP contribution in [0.4, 0.5) is 10.5 Å². The zero-order valence-electron chi connectivity index (χ0n) is 16.3. The summed E-state index contributed by atoms with van der Waals surface area (Å²) in [5.74, 6) is 0.322. The number of urea groups is 1. The quantitative estimate of drug-likeness (QED) is 0.806. The van der Waals surface area contributed by atoms with Crippen molar-refractivity contribution in [2.24, 2.45) is 5.92 Å². The van der Waals surface area contributed by atoms with Gasteiger partial charge in [0.25, 0.3) is 0 Å². The van der Waals surface area contributed by atoms with Gasteiger partial charge in [0.05, 0.1) is 5.69 Å². The SMILES string of the molecule is CC(C)N1C[C@@H](CNC(=O)Nc2cccc(/C=C/c3ccccn3)c2)CC1=O. The summed E-state index contributed by atoms with van der Waals surface area (Å²) in [6.07, 6.45) is 6.12. The van der Waals surface area contributed by atoms with Crippen molar-refractivity contribution in [3.05, 3.63) is 59.9 Å². The molecule has 0 saturated carbocycles. The Bertz CT molecular complexity index is 849. The highest BCUT2D eigenvalue weighted by atomic mass is 16.2. The Labute approximate surface area is 165 Å².